The van der Waals surface area contributed by atoms with Crippen LogP contribution in [0, 0.1) is 6.92 Å². The number of nitrogens with zero attached hydrogens (tertiary/aromatic N) is 1. The third kappa shape index (κ3) is 5.96. The van der Waals surface area contributed by atoms with Crippen LogP contribution < -0.4 is 0 Å². The van der Waals surface area contributed by atoms with Crippen molar-refractivity contribution in [1.82, 2.24) is 0 Å². The molecule has 1 aromatic carbocycles. The molecule has 1 aromatic rings. The molecule has 0 aliphatic rings. The van der Waals surface area contributed by atoms with E-state index >= 15 is 0 Å². The van der Waals surface area contributed by atoms with Gasteiger partial charge in [-0.2, -0.15) is 0 Å². The molecule has 0 aromatic heterocycles. The number of benzene rings is 1. The fraction of sp³-hybridized carbons (Fsp3) is 0.435. The van der Waals surface area contributed by atoms with E-state index in [0.29, 0.717) is 0 Å². The largest absolute Gasteiger partial charge is 0.264 e. The number of rotatable bonds is 10. The molecule has 0 bridgehead atoms. The molecule has 1 rings (SSSR count). The second-order valence-corrected chi connectivity index (χ2v) is 6.49. The monoisotopic (exact) mass is 323 g/mol. The molecule has 0 radical (unpaired) electrons. The Kier molecular flexibility index (Phi) is 9.07. The summed E-state index contributed by atoms with van der Waals surface area (Å²) >= 11 is 0. The lowest BCUT2D eigenvalue weighted by Crippen LogP contribution is -1.92. The fourth-order valence-electron chi connectivity index (χ4n) is 3.06. The first-order chi connectivity index (χ1) is 11.5. The summed E-state index contributed by atoms with van der Waals surface area (Å²) in [4.78, 5) is 4.23. The minimum absolute atomic E-state index is 0.952. The van der Waals surface area contributed by atoms with Crippen molar-refractivity contribution in [3.05, 3.63) is 59.2 Å². The molecular weight excluding hydrogens is 290 g/mol. The summed E-state index contributed by atoms with van der Waals surface area (Å²) in [6.07, 6.45) is 11.7. The molecule has 0 amide bonds. The SMILES string of the molecule is C=N/C(=C(C)\C=C/C)c1ccc(C(=C)CCCCCCC)c(C)c1. The Morgan fingerprint density at radius 1 is 1.17 bits per heavy atom. The first-order valence-electron chi connectivity index (χ1n) is 9.14. The zero-order chi connectivity index (χ0) is 17.9. The maximum atomic E-state index is 4.30. The van der Waals surface area contributed by atoms with Crippen molar-refractivity contribution in [2.75, 3.05) is 0 Å². The summed E-state index contributed by atoms with van der Waals surface area (Å²) in [5, 5.41) is 0. The van der Waals surface area contributed by atoms with Crippen molar-refractivity contribution in [3.63, 3.8) is 0 Å². The van der Waals surface area contributed by atoms with Gasteiger partial charge >= 0.3 is 0 Å². The highest BCUT2D eigenvalue weighted by Crippen LogP contribution is 2.28. The highest BCUT2D eigenvalue weighted by atomic mass is 14.7. The average Bonchev–Trinajstić information content (AvgIpc) is 2.55. The standard InChI is InChI=1S/C23H33N/c1-7-9-10-11-12-14-18(3)22-16-15-21(17-20(22)5)23(24-6)19(4)13-8-2/h8,13,15-17H,3,6-7,9-12,14H2,1-2,4-5H3/b13-8-,23-19-. The Balaban J connectivity index is 2.86. The molecule has 1 nitrogen and oxygen atoms in total. The van der Waals surface area contributed by atoms with Gasteiger partial charge in [-0.1, -0.05) is 63.5 Å². The number of unbranched alkanes of at least 4 members (excludes halogenated alkanes) is 4. The van der Waals surface area contributed by atoms with Gasteiger partial charge in [0.1, 0.15) is 0 Å². The average molecular weight is 324 g/mol. The highest BCUT2D eigenvalue weighted by molar-refractivity contribution is 5.75. The van der Waals surface area contributed by atoms with E-state index in [1.807, 2.05) is 13.0 Å². The topological polar surface area (TPSA) is 12.4 Å². The molecule has 0 fully saturated rings. The summed E-state index contributed by atoms with van der Waals surface area (Å²) in [5.41, 5.74) is 7.00. The molecule has 0 saturated heterocycles. The predicted molar refractivity (Wildman–Crippen MR) is 111 cm³/mol. The van der Waals surface area contributed by atoms with Gasteiger partial charge in [-0.3, -0.25) is 4.99 Å². The van der Waals surface area contributed by atoms with Gasteiger partial charge in [-0.05, 0) is 68.7 Å². The van der Waals surface area contributed by atoms with Gasteiger partial charge in [0.2, 0.25) is 0 Å². The van der Waals surface area contributed by atoms with Gasteiger partial charge in [0.25, 0.3) is 0 Å². The van der Waals surface area contributed by atoms with Gasteiger partial charge < -0.3 is 0 Å². The van der Waals surface area contributed by atoms with E-state index in [0.717, 1.165) is 23.3 Å². The van der Waals surface area contributed by atoms with E-state index in [4.69, 9.17) is 0 Å². The number of hydrogen-bond donors (Lipinski definition) is 0. The molecule has 0 atom stereocenters. The Morgan fingerprint density at radius 3 is 2.46 bits per heavy atom. The van der Waals surface area contributed by atoms with Crippen molar-refractivity contribution < 1.29 is 0 Å². The zero-order valence-corrected chi connectivity index (χ0v) is 16.0. The van der Waals surface area contributed by atoms with Crippen LogP contribution in [-0.4, -0.2) is 6.72 Å². The van der Waals surface area contributed by atoms with Crippen molar-refractivity contribution in [3.8, 4) is 0 Å². The lowest BCUT2D eigenvalue weighted by molar-refractivity contribution is 0.640. The van der Waals surface area contributed by atoms with Crippen molar-refractivity contribution in [2.45, 2.75) is 66.2 Å². The number of aryl methyl sites for hydroxylation is 1. The Hall–Kier alpha value is -1.89. The van der Waals surface area contributed by atoms with Crippen LogP contribution in [0.1, 0.15) is 76.0 Å². The Bertz CT molecular complexity index is 617. The van der Waals surface area contributed by atoms with Gasteiger partial charge in [0, 0.05) is 5.56 Å². The maximum Gasteiger partial charge on any atom is 0.0723 e. The Labute approximate surface area is 148 Å². The molecule has 0 aliphatic heterocycles. The second kappa shape index (κ2) is 10.8. The van der Waals surface area contributed by atoms with Crippen LogP contribution in [0.4, 0.5) is 0 Å². The van der Waals surface area contributed by atoms with Crippen molar-refractivity contribution in [2.24, 2.45) is 4.99 Å². The van der Waals surface area contributed by atoms with E-state index in [2.05, 4.69) is 63.3 Å². The van der Waals surface area contributed by atoms with E-state index in [1.54, 1.807) is 0 Å². The molecule has 1 heteroatoms. The fourth-order valence-corrected chi connectivity index (χ4v) is 3.06. The molecule has 0 heterocycles. The van der Waals surface area contributed by atoms with Crippen LogP contribution in [0.2, 0.25) is 0 Å². The Morgan fingerprint density at radius 2 is 1.88 bits per heavy atom. The number of aliphatic imine (C=N–C) groups is 1. The van der Waals surface area contributed by atoms with Gasteiger partial charge in [0.15, 0.2) is 0 Å². The highest BCUT2D eigenvalue weighted by Gasteiger charge is 2.08. The molecular formula is C23H33N. The van der Waals surface area contributed by atoms with Crippen LogP contribution in [0.15, 0.2) is 47.5 Å². The summed E-state index contributed by atoms with van der Waals surface area (Å²) in [7, 11) is 0. The molecule has 130 valence electrons. The molecule has 0 N–H and O–H groups in total. The number of allylic oxidation sites excluding steroid dienone is 4. The molecule has 0 spiro atoms. The third-order valence-corrected chi connectivity index (χ3v) is 4.41. The van der Waals surface area contributed by atoms with Crippen LogP contribution in [0.5, 0.6) is 0 Å². The van der Waals surface area contributed by atoms with Gasteiger partial charge in [-0.25, -0.2) is 0 Å². The van der Waals surface area contributed by atoms with E-state index in [9.17, 15) is 0 Å². The minimum atomic E-state index is 0.952. The first kappa shape index (κ1) is 20.2. The van der Waals surface area contributed by atoms with E-state index < -0.39 is 0 Å². The summed E-state index contributed by atoms with van der Waals surface area (Å²) in [5.74, 6) is 0. The van der Waals surface area contributed by atoms with Crippen LogP contribution in [0.25, 0.3) is 11.3 Å². The van der Waals surface area contributed by atoms with Crippen LogP contribution in [0.3, 0.4) is 0 Å². The zero-order valence-electron chi connectivity index (χ0n) is 16.0. The summed E-state index contributed by atoms with van der Waals surface area (Å²) in [6.45, 7) is 16.5. The van der Waals surface area contributed by atoms with Crippen LogP contribution >= 0.6 is 0 Å². The predicted octanol–water partition coefficient (Wildman–Crippen LogP) is 7.38. The smallest absolute Gasteiger partial charge is 0.0723 e. The second-order valence-electron chi connectivity index (χ2n) is 6.49. The lowest BCUT2D eigenvalue weighted by atomic mass is 9.94. The quantitative estimate of drug-likeness (QED) is 0.242. The molecule has 0 aliphatic carbocycles. The summed E-state index contributed by atoms with van der Waals surface area (Å²) < 4.78 is 0. The molecule has 24 heavy (non-hydrogen) atoms. The lowest BCUT2D eigenvalue weighted by Gasteiger charge is -2.12. The molecule has 0 unspecified atom stereocenters. The third-order valence-electron chi connectivity index (χ3n) is 4.41. The molecule has 0 saturated carbocycles. The minimum Gasteiger partial charge on any atom is -0.264 e. The van der Waals surface area contributed by atoms with E-state index in [-0.39, 0.29) is 0 Å². The number of hydrogen-bond acceptors (Lipinski definition) is 1. The van der Waals surface area contributed by atoms with Crippen molar-refractivity contribution in [1.29, 1.82) is 0 Å². The van der Waals surface area contributed by atoms with Crippen LogP contribution in [-0.2, 0) is 0 Å². The van der Waals surface area contributed by atoms with Gasteiger partial charge in [-0.15, -0.1) is 0 Å². The maximum absolute atomic E-state index is 4.30. The summed E-state index contributed by atoms with van der Waals surface area (Å²) in [6, 6.07) is 6.53. The van der Waals surface area contributed by atoms with E-state index in [1.165, 1.54) is 48.8 Å². The first-order valence-corrected chi connectivity index (χ1v) is 9.14. The van der Waals surface area contributed by atoms with Gasteiger partial charge in [0.05, 0.1) is 5.70 Å². The normalized spacial score (nSPS) is 12.3. The van der Waals surface area contributed by atoms with Crippen molar-refractivity contribution >= 4 is 18.0 Å².